The predicted octanol–water partition coefficient (Wildman–Crippen LogP) is 3.30. The van der Waals surface area contributed by atoms with Crippen molar-refractivity contribution < 1.29 is 9.84 Å². The summed E-state index contributed by atoms with van der Waals surface area (Å²) in [5.74, 6) is 0. The average molecular weight is 285 g/mol. The molecule has 16 heavy (non-hydrogen) atoms. The zero-order valence-corrected chi connectivity index (χ0v) is 11.4. The molecule has 3 heteroatoms. The molecule has 88 valence electrons. The Bertz CT molecular complexity index is 384. The second-order valence-corrected chi connectivity index (χ2v) is 6.21. The molecule has 1 aliphatic rings. The maximum Gasteiger partial charge on any atom is 0.115 e. The molecule has 0 aliphatic carbocycles. The van der Waals surface area contributed by atoms with E-state index in [2.05, 4.69) is 36.7 Å². The molecule has 1 fully saturated rings. The van der Waals surface area contributed by atoms with E-state index in [1.54, 1.807) is 0 Å². The van der Waals surface area contributed by atoms with E-state index in [1.807, 2.05) is 24.3 Å². The third-order valence-corrected chi connectivity index (χ3v) is 3.64. The molecule has 1 saturated heterocycles. The lowest BCUT2D eigenvalue weighted by Gasteiger charge is -2.16. The Morgan fingerprint density at radius 2 is 1.94 bits per heavy atom. The molecule has 2 nitrogen and oxygen atoms in total. The second kappa shape index (κ2) is 4.13. The first kappa shape index (κ1) is 12.1. The van der Waals surface area contributed by atoms with Crippen LogP contribution in [0.3, 0.4) is 0 Å². The molecule has 0 amide bonds. The van der Waals surface area contributed by atoms with E-state index in [-0.39, 0.29) is 17.6 Å². The molecule has 3 atom stereocenters. The van der Waals surface area contributed by atoms with Crippen molar-refractivity contribution >= 4 is 15.9 Å². The highest BCUT2D eigenvalue weighted by Crippen LogP contribution is 2.45. The van der Waals surface area contributed by atoms with Gasteiger partial charge in [0, 0.05) is 4.47 Å². The van der Waals surface area contributed by atoms with Crippen LogP contribution in [-0.2, 0) is 4.74 Å². The first-order valence-electron chi connectivity index (χ1n) is 5.49. The van der Waals surface area contributed by atoms with Crippen LogP contribution in [0.4, 0.5) is 0 Å². The van der Waals surface area contributed by atoms with Crippen LogP contribution in [0.1, 0.15) is 32.4 Å². The van der Waals surface area contributed by atoms with Crippen LogP contribution in [-0.4, -0.2) is 17.3 Å². The smallest absolute Gasteiger partial charge is 0.115 e. The minimum atomic E-state index is -0.542. The van der Waals surface area contributed by atoms with Gasteiger partial charge < -0.3 is 9.84 Å². The van der Waals surface area contributed by atoms with Gasteiger partial charge in [0.1, 0.15) is 12.2 Å². The van der Waals surface area contributed by atoms with E-state index in [9.17, 15) is 5.11 Å². The predicted molar refractivity (Wildman–Crippen MR) is 67.2 cm³/mol. The fourth-order valence-corrected chi connectivity index (χ4v) is 2.47. The van der Waals surface area contributed by atoms with Crippen LogP contribution >= 0.6 is 15.9 Å². The van der Waals surface area contributed by atoms with Crippen molar-refractivity contribution in [3.63, 3.8) is 0 Å². The van der Waals surface area contributed by atoms with Gasteiger partial charge in [0.05, 0.1) is 6.10 Å². The summed E-state index contributed by atoms with van der Waals surface area (Å²) in [5, 5.41) is 10.2. The number of benzene rings is 1. The molecule has 1 aromatic carbocycles. The fraction of sp³-hybridized carbons (Fsp3) is 0.538. The highest BCUT2D eigenvalue weighted by atomic mass is 79.9. The first-order chi connectivity index (χ1) is 7.41. The Balaban J connectivity index is 2.11. The van der Waals surface area contributed by atoms with Crippen LogP contribution in [0.15, 0.2) is 28.7 Å². The van der Waals surface area contributed by atoms with Gasteiger partial charge >= 0.3 is 0 Å². The zero-order chi connectivity index (χ0) is 11.9. The van der Waals surface area contributed by atoms with Gasteiger partial charge in [-0.25, -0.2) is 0 Å². The molecule has 0 aromatic heterocycles. The summed E-state index contributed by atoms with van der Waals surface area (Å²) < 4.78 is 6.52. The zero-order valence-electron chi connectivity index (χ0n) is 9.77. The topological polar surface area (TPSA) is 32.8 Å². The quantitative estimate of drug-likeness (QED) is 0.846. The lowest BCUT2D eigenvalue weighted by molar-refractivity contribution is 0.136. The van der Waals surface area contributed by atoms with Crippen molar-refractivity contribution in [2.75, 3.05) is 0 Å². The summed E-state index contributed by atoms with van der Waals surface area (Å²) in [6.07, 6.45) is -0.465. The fourth-order valence-electron chi connectivity index (χ4n) is 1.95. The van der Waals surface area contributed by atoms with Gasteiger partial charge in [0.25, 0.3) is 0 Å². The van der Waals surface area contributed by atoms with Crippen LogP contribution in [0, 0.1) is 5.41 Å². The molecule has 0 unspecified atom stereocenters. The van der Waals surface area contributed by atoms with Gasteiger partial charge in [-0.1, -0.05) is 54.9 Å². The summed E-state index contributed by atoms with van der Waals surface area (Å²) in [4.78, 5) is 0. The molecule has 0 spiro atoms. The van der Waals surface area contributed by atoms with Gasteiger partial charge in [0.15, 0.2) is 0 Å². The molecule has 0 bridgehead atoms. The molecular weight excluding hydrogens is 268 g/mol. The van der Waals surface area contributed by atoms with Gasteiger partial charge in [0.2, 0.25) is 0 Å². The molecule has 0 radical (unpaired) electrons. The van der Waals surface area contributed by atoms with E-state index in [1.165, 1.54) is 0 Å². The van der Waals surface area contributed by atoms with E-state index in [4.69, 9.17) is 4.74 Å². The summed E-state index contributed by atoms with van der Waals surface area (Å²) in [5.41, 5.74) is 0.992. The van der Waals surface area contributed by atoms with Crippen LogP contribution in [0.5, 0.6) is 0 Å². The average Bonchev–Trinajstić information content (AvgIpc) is 2.96. The van der Waals surface area contributed by atoms with E-state index < -0.39 is 6.10 Å². The van der Waals surface area contributed by atoms with Gasteiger partial charge in [-0.05, 0) is 17.0 Å². The Hall–Kier alpha value is -0.380. The molecule has 2 rings (SSSR count). The van der Waals surface area contributed by atoms with Crippen molar-refractivity contribution in [2.45, 2.75) is 39.1 Å². The first-order valence-corrected chi connectivity index (χ1v) is 6.28. The van der Waals surface area contributed by atoms with Gasteiger partial charge in [-0.15, -0.1) is 0 Å². The highest BCUT2D eigenvalue weighted by molar-refractivity contribution is 9.10. The second-order valence-electron chi connectivity index (χ2n) is 5.35. The van der Waals surface area contributed by atoms with E-state index in [0.717, 1.165) is 10.0 Å². The molecule has 1 heterocycles. The minimum Gasteiger partial charge on any atom is -0.386 e. The normalized spacial score (nSPS) is 26.6. The van der Waals surface area contributed by atoms with Crippen molar-refractivity contribution in [1.29, 1.82) is 0 Å². The van der Waals surface area contributed by atoms with Crippen molar-refractivity contribution in [3.8, 4) is 0 Å². The summed E-state index contributed by atoms with van der Waals surface area (Å²) in [6.45, 7) is 6.39. The minimum absolute atomic E-state index is 0.0706. The number of epoxide rings is 1. The van der Waals surface area contributed by atoms with Crippen molar-refractivity contribution in [1.82, 2.24) is 0 Å². The lowest BCUT2D eigenvalue weighted by Crippen LogP contribution is -2.19. The van der Waals surface area contributed by atoms with Crippen molar-refractivity contribution in [3.05, 3.63) is 34.3 Å². The van der Waals surface area contributed by atoms with Crippen LogP contribution < -0.4 is 0 Å². The van der Waals surface area contributed by atoms with E-state index >= 15 is 0 Å². The molecule has 1 aromatic rings. The monoisotopic (exact) mass is 284 g/mol. The van der Waals surface area contributed by atoms with E-state index in [0.29, 0.717) is 0 Å². The highest BCUT2D eigenvalue weighted by Gasteiger charge is 2.51. The number of hydrogen-bond donors (Lipinski definition) is 1. The number of hydrogen-bond acceptors (Lipinski definition) is 2. The summed E-state index contributed by atoms with van der Waals surface area (Å²) in [7, 11) is 0. The Morgan fingerprint density at radius 1 is 1.31 bits per heavy atom. The molecule has 1 aliphatic heterocycles. The SMILES string of the molecule is CC(C)(C)[C@@H]1O[C@H]1[C@H](O)c1ccccc1Br. The number of rotatable bonds is 2. The summed E-state index contributed by atoms with van der Waals surface area (Å²) >= 11 is 3.45. The Labute approximate surface area is 105 Å². The maximum atomic E-state index is 10.2. The summed E-state index contributed by atoms with van der Waals surface area (Å²) in [6, 6.07) is 7.73. The van der Waals surface area contributed by atoms with Gasteiger partial charge in [-0.2, -0.15) is 0 Å². The van der Waals surface area contributed by atoms with Gasteiger partial charge in [-0.3, -0.25) is 0 Å². The van der Waals surface area contributed by atoms with Crippen LogP contribution in [0.2, 0.25) is 0 Å². The molecule has 1 N–H and O–H groups in total. The number of aliphatic hydroxyl groups is 1. The largest absolute Gasteiger partial charge is 0.386 e. The number of aliphatic hydroxyl groups excluding tert-OH is 1. The lowest BCUT2D eigenvalue weighted by atomic mass is 9.88. The Morgan fingerprint density at radius 3 is 2.44 bits per heavy atom. The maximum absolute atomic E-state index is 10.2. The molecular formula is C13H17BrO2. The molecule has 0 saturated carbocycles. The third-order valence-electron chi connectivity index (χ3n) is 2.91. The standard InChI is InChI=1S/C13H17BrO2/c1-13(2,3)12-11(16-12)10(15)8-6-4-5-7-9(8)14/h4-7,10-12,15H,1-3H3/t10-,11+,12-/m1/s1. The number of halogens is 1. The number of ether oxygens (including phenoxy) is 1. The Kier molecular flexibility index (Phi) is 3.12. The van der Waals surface area contributed by atoms with Crippen LogP contribution in [0.25, 0.3) is 0 Å². The van der Waals surface area contributed by atoms with Crippen molar-refractivity contribution in [2.24, 2.45) is 5.41 Å². The third kappa shape index (κ3) is 2.31.